The van der Waals surface area contributed by atoms with Gasteiger partial charge in [-0.05, 0) is 51.8 Å². The fourth-order valence-electron chi connectivity index (χ4n) is 3.07. The molecule has 1 aliphatic rings. The van der Waals surface area contributed by atoms with Crippen LogP contribution in [0.2, 0.25) is 0 Å². The Morgan fingerprint density at radius 2 is 2.00 bits per heavy atom. The molecule has 0 spiro atoms. The number of carbonyl (C=O) groups is 1. The van der Waals surface area contributed by atoms with E-state index in [2.05, 4.69) is 36.8 Å². The van der Waals surface area contributed by atoms with Crippen molar-refractivity contribution in [2.45, 2.75) is 58.4 Å². The summed E-state index contributed by atoms with van der Waals surface area (Å²) in [5.74, 6) is 0.326. The van der Waals surface area contributed by atoms with Crippen LogP contribution in [0.1, 0.15) is 51.4 Å². The lowest BCUT2D eigenvalue weighted by Gasteiger charge is -2.36. The number of likely N-dealkylation sites (tertiary alicyclic amines) is 1. The quantitative estimate of drug-likeness (QED) is 0.801. The maximum absolute atomic E-state index is 12.8. The zero-order chi connectivity index (χ0) is 14.8. The monoisotopic (exact) mass is 277 g/mol. The first kappa shape index (κ1) is 15.2. The first-order valence-corrected chi connectivity index (χ1v) is 7.81. The van der Waals surface area contributed by atoms with Crippen LogP contribution < -0.4 is 0 Å². The third-order valence-electron chi connectivity index (χ3n) is 4.82. The van der Waals surface area contributed by atoms with Crippen LogP contribution in [0.25, 0.3) is 0 Å². The lowest BCUT2D eigenvalue weighted by Crippen LogP contribution is -2.51. The molecule has 0 radical (unpaired) electrons. The van der Waals surface area contributed by atoms with Crippen molar-refractivity contribution in [3.8, 4) is 0 Å². The lowest BCUT2D eigenvalue weighted by molar-refractivity contribution is -0.129. The van der Waals surface area contributed by atoms with Crippen molar-refractivity contribution in [3.05, 3.63) is 17.5 Å². The Morgan fingerprint density at radius 3 is 2.50 bits per heavy atom. The Labute approximate surface area is 122 Å². The number of hydrogen-bond acceptors (Lipinski definition) is 3. The highest BCUT2D eigenvalue weighted by Gasteiger charge is 2.38. The van der Waals surface area contributed by atoms with E-state index < -0.39 is 0 Å². The third-order valence-corrected chi connectivity index (χ3v) is 4.82. The van der Waals surface area contributed by atoms with E-state index in [1.807, 2.05) is 11.7 Å². The molecule has 0 N–H and O–H groups in total. The molecule has 0 aliphatic carbocycles. The van der Waals surface area contributed by atoms with Crippen LogP contribution in [0.15, 0.2) is 6.07 Å². The molecule has 2 heterocycles. The van der Waals surface area contributed by atoms with Crippen molar-refractivity contribution in [1.82, 2.24) is 14.7 Å². The summed E-state index contributed by atoms with van der Waals surface area (Å²) in [5.41, 5.74) is 1.79. The molecule has 1 unspecified atom stereocenters. The first-order valence-electron chi connectivity index (χ1n) is 7.81. The van der Waals surface area contributed by atoms with Gasteiger partial charge in [0.2, 0.25) is 0 Å². The Bertz CT molecular complexity index is 474. The zero-order valence-corrected chi connectivity index (χ0v) is 13.3. The second-order valence-corrected chi connectivity index (χ2v) is 6.03. The second kappa shape index (κ2) is 6.08. The van der Waals surface area contributed by atoms with E-state index >= 15 is 0 Å². The minimum atomic E-state index is -0.312. The molecule has 1 aromatic heterocycles. The van der Waals surface area contributed by atoms with Gasteiger partial charge in [0.25, 0.3) is 0 Å². The van der Waals surface area contributed by atoms with E-state index in [0.29, 0.717) is 12.2 Å². The molecule has 1 atom stereocenters. The third kappa shape index (κ3) is 2.80. The van der Waals surface area contributed by atoms with Gasteiger partial charge < -0.3 is 0 Å². The number of Topliss-reactive ketones (excluding diaryl/α,β-unsaturated/α-hetero) is 1. The van der Waals surface area contributed by atoms with Crippen LogP contribution in [0.3, 0.4) is 0 Å². The fourth-order valence-corrected chi connectivity index (χ4v) is 3.07. The van der Waals surface area contributed by atoms with Gasteiger partial charge in [-0.25, -0.2) is 0 Å². The van der Waals surface area contributed by atoms with Crippen molar-refractivity contribution < 1.29 is 4.79 Å². The average molecular weight is 277 g/mol. The summed E-state index contributed by atoms with van der Waals surface area (Å²) in [6.45, 7) is 8.44. The van der Waals surface area contributed by atoms with Crippen molar-refractivity contribution in [2.75, 3.05) is 13.1 Å². The highest BCUT2D eigenvalue weighted by atomic mass is 16.1. The summed E-state index contributed by atoms with van der Waals surface area (Å²) in [7, 11) is 1.93. The summed E-state index contributed by atoms with van der Waals surface area (Å²) in [4.78, 5) is 15.2. The summed E-state index contributed by atoms with van der Waals surface area (Å²) < 4.78 is 1.86. The highest BCUT2D eigenvalue weighted by molar-refractivity contribution is 5.89. The van der Waals surface area contributed by atoms with E-state index in [9.17, 15) is 4.79 Å². The van der Waals surface area contributed by atoms with Crippen LogP contribution in [0, 0.1) is 0 Å². The van der Waals surface area contributed by atoms with Gasteiger partial charge in [0.15, 0.2) is 5.78 Å². The van der Waals surface area contributed by atoms with E-state index in [4.69, 9.17) is 0 Å². The fraction of sp³-hybridized carbons (Fsp3) is 0.750. The predicted octanol–water partition coefficient (Wildman–Crippen LogP) is 2.36. The van der Waals surface area contributed by atoms with Crippen molar-refractivity contribution in [3.63, 3.8) is 0 Å². The van der Waals surface area contributed by atoms with Gasteiger partial charge in [-0.15, -0.1) is 0 Å². The number of hydrogen-bond donors (Lipinski definition) is 0. The summed E-state index contributed by atoms with van der Waals surface area (Å²) in [6.07, 6.45) is 4.72. The molecule has 4 nitrogen and oxygen atoms in total. The highest BCUT2D eigenvalue weighted by Crippen LogP contribution is 2.27. The van der Waals surface area contributed by atoms with E-state index in [1.165, 1.54) is 12.8 Å². The Balaban J connectivity index is 2.14. The molecular weight excluding hydrogens is 250 g/mol. The van der Waals surface area contributed by atoms with Gasteiger partial charge in [-0.1, -0.05) is 13.8 Å². The largest absolute Gasteiger partial charge is 0.297 e. The number of carbonyl (C=O) groups excluding carboxylic acids is 1. The molecule has 1 saturated heterocycles. The van der Waals surface area contributed by atoms with E-state index in [0.717, 1.165) is 37.3 Å². The van der Waals surface area contributed by atoms with Gasteiger partial charge in [0.1, 0.15) is 0 Å². The Hall–Kier alpha value is -1.16. The van der Waals surface area contributed by atoms with Crippen molar-refractivity contribution in [2.24, 2.45) is 7.05 Å². The van der Waals surface area contributed by atoms with Crippen LogP contribution in [-0.2, 0) is 24.7 Å². The smallest absolute Gasteiger partial charge is 0.158 e. The molecule has 20 heavy (non-hydrogen) atoms. The second-order valence-electron chi connectivity index (χ2n) is 6.03. The van der Waals surface area contributed by atoms with Gasteiger partial charge in [0.05, 0.1) is 17.7 Å². The average Bonchev–Trinajstić information content (AvgIpc) is 3.08. The number of rotatable bonds is 6. The maximum atomic E-state index is 12.8. The van der Waals surface area contributed by atoms with Crippen molar-refractivity contribution in [1.29, 1.82) is 0 Å². The predicted molar refractivity (Wildman–Crippen MR) is 80.8 cm³/mol. The minimum absolute atomic E-state index is 0.312. The molecule has 4 heteroatoms. The lowest BCUT2D eigenvalue weighted by atomic mass is 9.88. The van der Waals surface area contributed by atoms with Gasteiger partial charge in [-0.2, -0.15) is 5.10 Å². The molecular formula is C16H27N3O. The number of ketones is 1. The molecule has 2 rings (SSSR count). The molecule has 0 bridgehead atoms. The topological polar surface area (TPSA) is 38.1 Å². The summed E-state index contributed by atoms with van der Waals surface area (Å²) in [6, 6.07) is 2.07. The van der Waals surface area contributed by atoms with Crippen LogP contribution >= 0.6 is 0 Å². The molecule has 1 aliphatic heterocycles. The van der Waals surface area contributed by atoms with Gasteiger partial charge >= 0.3 is 0 Å². The molecule has 1 aromatic rings. The van der Waals surface area contributed by atoms with Crippen LogP contribution in [-0.4, -0.2) is 39.1 Å². The van der Waals surface area contributed by atoms with Crippen LogP contribution in [0.4, 0.5) is 0 Å². The molecule has 1 fully saturated rings. The molecule has 112 valence electrons. The first-order chi connectivity index (χ1) is 9.51. The molecule has 0 saturated carbocycles. The SMILES string of the molecule is CCc1cc(CC(=O)C(C)(CC)N2CCCC2)n(C)n1. The van der Waals surface area contributed by atoms with Gasteiger partial charge in [0, 0.05) is 12.7 Å². The molecule has 0 amide bonds. The number of nitrogens with zero attached hydrogens (tertiary/aromatic N) is 3. The van der Waals surface area contributed by atoms with Crippen LogP contribution in [0.5, 0.6) is 0 Å². The molecule has 0 aromatic carbocycles. The number of aromatic nitrogens is 2. The standard InChI is InChI=1S/C16H27N3O/c1-5-13-11-14(18(4)17-13)12-15(20)16(3,6-2)19-9-7-8-10-19/h11H,5-10,12H2,1-4H3. The van der Waals surface area contributed by atoms with Crippen molar-refractivity contribution >= 4 is 5.78 Å². The Kier molecular flexibility index (Phi) is 4.63. The Morgan fingerprint density at radius 1 is 1.35 bits per heavy atom. The zero-order valence-electron chi connectivity index (χ0n) is 13.3. The summed E-state index contributed by atoms with van der Waals surface area (Å²) in [5, 5.41) is 4.44. The summed E-state index contributed by atoms with van der Waals surface area (Å²) >= 11 is 0. The minimum Gasteiger partial charge on any atom is -0.297 e. The van der Waals surface area contributed by atoms with E-state index in [1.54, 1.807) is 0 Å². The van der Waals surface area contributed by atoms with Gasteiger partial charge in [-0.3, -0.25) is 14.4 Å². The number of aryl methyl sites for hydroxylation is 2. The maximum Gasteiger partial charge on any atom is 0.158 e. The normalized spacial score (nSPS) is 19.2. The van der Waals surface area contributed by atoms with E-state index in [-0.39, 0.29) is 5.54 Å².